The summed E-state index contributed by atoms with van der Waals surface area (Å²) < 4.78 is 5.90. The molecule has 0 fully saturated rings. The molecule has 0 unspecified atom stereocenters. The molecule has 0 aliphatic carbocycles. The van der Waals surface area contributed by atoms with E-state index in [2.05, 4.69) is 18.3 Å². The molecule has 0 spiro atoms. The largest absolute Gasteiger partial charge is 0.457 e. The fourth-order valence-corrected chi connectivity index (χ4v) is 3.24. The molecular formula is C22H19NO2. The summed E-state index contributed by atoms with van der Waals surface area (Å²) in [6.45, 7) is 2.05. The lowest BCUT2D eigenvalue weighted by Gasteiger charge is -2.11. The zero-order valence-corrected chi connectivity index (χ0v) is 14.0. The van der Waals surface area contributed by atoms with Gasteiger partial charge in [0.2, 0.25) is 5.91 Å². The molecule has 3 aromatic rings. The zero-order chi connectivity index (χ0) is 17.2. The summed E-state index contributed by atoms with van der Waals surface area (Å²) in [5, 5.41) is 2.98. The lowest BCUT2D eigenvalue weighted by atomic mass is 9.92. The van der Waals surface area contributed by atoms with E-state index in [-0.39, 0.29) is 11.8 Å². The number of benzene rings is 3. The number of carbonyl (C=O) groups excluding carboxylic acids is 1. The fourth-order valence-electron chi connectivity index (χ4n) is 3.24. The number of nitrogens with one attached hydrogen (secondary N) is 1. The summed E-state index contributed by atoms with van der Waals surface area (Å²) in [5.74, 6) is 1.50. The van der Waals surface area contributed by atoms with Crippen LogP contribution in [-0.2, 0) is 11.2 Å². The molecule has 0 radical (unpaired) electrons. The Balaban J connectivity index is 1.57. The van der Waals surface area contributed by atoms with Gasteiger partial charge in [-0.15, -0.1) is 0 Å². The van der Waals surface area contributed by atoms with Crippen LogP contribution in [0.4, 0.5) is 5.69 Å². The van der Waals surface area contributed by atoms with Crippen LogP contribution in [0.3, 0.4) is 0 Å². The van der Waals surface area contributed by atoms with Crippen LogP contribution >= 0.6 is 0 Å². The number of hydrogen-bond donors (Lipinski definition) is 1. The van der Waals surface area contributed by atoms with Gasteiger partial charge in [0, 0.05) is 5.69 Å². The van der Waals surface area contributed by atoms with Crippen molar-refractivity contribution < 1.29 is 9.53 Å². The maximum Gasteiger partial charge on any atom is 0.232 e. The van der Waals surface area contributed by atoms with Gasteiger partial charge < -0.3 is 10.1 Å². The SMILES string of the molecule is Cc1ccc2c(c1)[C@@H](Cc1cccc(Oc3ccccc3)c1)C(=O)N2. The minimum atomic E-state index is -0.151. The molecule has 0 bridgehead atoms. The van der Waals surface area contributed by atoms with Gasteiger partial charge in [-0.25, -0.2) is 0 Å². The minimum absolute atomic E-state index is 0.0648. The lowest BCUT2D eigenvalue weighted by molar-refractivity contribution is -0.117. The topological polar surface area (TPSA) is 38.3 Å². The van der Waals surface area contributed by atoms with Crippen LogP contribution in [-0.4, -0.2) is 5.91 Å². The van der Waals surface area contributed by atoms with Crippen molar-refractivity contribution in [1.82, 2.24) is 0 Å². The van der Waals surface area contributed by atoms with E-state index in [4.69, 9.17) is 4.74 Å². The monoisotopic (exact) mass is 329 g/mol. The number of anilines is 1. The Morgan fingerprint density at radius 2 is 1.72 bits per heavy atom. The second-order valence-corrected chi connectivity index (χ2v) is 6.40. The molecular weight excluding hydrogens is 310 g/mol. The van der Waals surface area contributed by atoms with Crippen molar-refractivity contribution in [2.45, 2.75) is 19.3 Å². The lowest BCUT2D eigenvalue weighted by Crippen LogP contribution is -2.14. The van der Waals surface area contributed by atoms with Crippen LogP contribution in [0, 0.1) is 6.92 Å². The van der Waals surface area contributed by atoms with Crippen molar-refractivity contribution in [2.75, 3.05) is 5.32 Å². The third-order valence-corrected chi connectivity index (χ3v) is 4.47. The molecule has 3 nitrogen and oxygen atoms in total. The molecule has 0 saturated heterocycles. The molecule has 1 amide bonds. The number of rotatable bonds is 4. The van der Waals surface area contributed by atoms with E-state index in [0.29, 0.717) is 6.42 Å². The number of aryl methyl sites for hydroxylation is 1. The van der Waals surface area contributed by atoms with Crippen LogP contribution in [0.15, 0.2) is 72.8 Å². The first-order chi connectivity index (χ1) is 12.2. The first-order valence-electron chi connectivity index (χ1n) is 8.42. The van der Waals surface area contributed by atoms with Crippen LogP contribution in [0.1, 0.15) is 22.6 Å². The Morgan fingerprint density at radius 3 is 2.56 bits per heavy atom. The maximum atomic E-state index is 12.4. The fraction of sp³-hybridized carbons (Fsp3) is 0.136. The molecule has 1 atom stereocenters. The van der Waals surface area contributed by atoms with Gasteiger partial charge in [-0.1, -0.05) is 48.0 Å². The van der Waals surface area contributed by atoms with Gasteiger partial charge in [0.1, 0.15) is 11.5 Å². The highest BCUT2D eigenvalue weighted by atomic mass is 16.5. The first-order valence-corrected chi connectivity index (χ1v) is 8.42. The summed E-state index contributed by atoms with van der Waals surface area (Å²) in [4.78, 5) is 12.4. The van der Waals surface area contributed by atoms with Crippen molar-refractivity contribution in [1.29, 1.82) is 0 Å². The van der Waals surface area contributed by atoms with Gasteiger partial charge in [0.25, 0.3) is 0 Å². The van der Waals surface area contributed by atoms with Crippen LogP contribution in [0.2, 0.25) is 0 Å². The number of amides is 1. The molecule has 1 aliphatic rings. The molecule has 1 N–H and O–H groups in total. The number of fused-ring (bicyclic) bond motifs is 1. The van der Waals surface area contributed by atoms with Gasteiger partial charge >= 0.3 is 0 Å². The highest BCUT2D eigenvalue weighted by Crippen LogP contribution is 2.36. The van der Waals surface area contributed by atoms with Crippen LogP contribution in [0.5, 0.6) is 11.5 Å². The summed E-state index contributed by atoms with van der Waals surface area (Å²) in [5.41, 5.74) is 4.26. The van der Waals surface area contributed by atoms with E-state index in [1.165, 1.54) is 5.56 Å². The van der Waals surface area contributed by atoms with Gasteiger partial charge in [0.15, 0.2) is 0 Å². The normalized spacial score (nSPS) is 15.6. The summed E-state index contributed by atoms with van der Waals surface area (Å²) in [6.07, 6.45) is 0.661. The van der Waals surface area contributed by atoms with Gasteiger partial charge in [0.05, 0.1) is 5.92 Å². The Kier molecular flexibility index (Phi) is 3.98. The predicted octanol–water partition coefficient (Wildman–Crippen LogP) is 5.07. The summed E-state index contributed by atoms with van der Waals surface area (Å²) >= 11 is 0. The van der Waals surface area contributed by atoms with Crippen LogP contribution < -0.4 is 10.1 Å². The summed E-state index contributed by atoms with van der Waals surface area (Å²) in [7, 11) is 0. The minimum Gasteiger partial charge on any atom is -0.457 e. The van der Waals surface area contributed by atoms with Crippen molar-refractivity contribution in [3.63, 3.8) is 0 Å². The molecule has 4 rings (SSSR count). The van der Waals surface area contributed by atoms with Crippen molar-refractivity contribution in [2.24, 2.45) is 0 Å². The number of ether oxygens (including phenoxy) is 1. The third-order valence-electron chi connectivity index (χ3n) is 4.47. The van der Waals surface area contributed by atoms with E-state index >= 15 is 0 Å². The number of hydrogen-bond acceptors (Lipinski definition) is 2. The molecule has 3 aromatic carbocycles. The predicted molar refractivity (Wildman–Crippen MR) is 99.2 cm³/mol. The second kappa shape index (κ2) is 6.44. The maximum absolute atomic E-state index is 12.4. The number of carbonyl (C=O) groups is 1. The van der Waals surface area contributed by atoms with E-state index in [1.54, 1.807) is 0 Å². The molecule has 1 aliphatic heterocycles. The quantitative estimate of drug-likeness (QED) is 0.726. The second-order valence-electron chi connectivity index (χ2n) is 6.40. The molecule has 0 aromatic heterocycles. The third kappa shape index (κ3) is 3.26. The van der Waals surface area contributed by atoms with Gasteiger partial charge in [-0.2, -0.15) is 0 Å². The zero-order valence-electron chi connectivity index (χ0n) is 14.0. The highest BCUT2D eigenvalue weighted by molar-refractivity contribution is 6.03. The molecule has 0 saturated carbocycles. The smallest absolute Gasteiger partial charge is 0.232 e. The van der Waals surface area contributed by atoms with E-state index in [9.17, 15) is 4.79 Å². The Labute approximate surface area is 147 Å². The summed E-state index contributed by atoms with van der Waals surface area (Å²) in [6, 6.07) is 23.8. The molecule has 124 valence electrons. The van der Waals surface area contributed by atoms with Gasteiger partial charge in [-0.3, -0.25) is 4.79 Å². The molecule has 25 heavy (non-hydrogen) atoms. The van der Waals surface area contributed by atoms with E-state index in [0.717, 1.165) is 28.3 Å². The highest BCUT2D eigenvalue weighted by Gasteiger charge is 2.30. The first kappa shape index (κ1) is 15.5. The van der Waals surface area contributed by atoms with Crippen molar-refractivity contribution in [3.05, 3.63) is 89.5 Å². The Morgan fingerprint density at radius 1 is 0.920 bits per heavy atom. The van der Waals surface area contributed by atoms with Crippen molar-refractivity contribution in [3.8, 4) is 11.5 Å². The van der Waals surface area contributed by atoms with E-state index < -0.39 is 0 Å². The van der Waals surface area contributed by atoms with Crippen molar-refractivity contribution >= 4 is 11.6 Å². The average molecular weight is 329 g/mol. The molecule has 1 heterocycles. The Bertz CT molecular complexity index is 918. The number of para-hydroxylation sites is 1. The van der Waals surface area contributed by atoms with E-state index in [1.807, 2.05) is 66.7 Å². The average Bonchev–Trinajstić information content (AvgIpc) is 2.91. The molecule has 3 heteroatoms. The van der Waals surface area contributed by atoms with Crippen LogP contribution in [0.25, 0.3) is 0 Å². The Hall–Kier alpha value is -3.07. The standard InChI is InChI=1S/C22H19NO2/c1-15-10-11-21-19(12-15)20(22(24)23-21)14-16-6-5-9-18(13-16)25-17-7-3-2-4-8-17/h2-13,20H,14H2,1H3,(H,23,24)/t20-/m1/s1. The van der Waals surface area contributed by atoms with Gasteiger partial charge in [-0.05, 0) is 54.8 Å².